The highest BCUT2D eigenvalue weighted by Gasteiger charge is 2.34. The molecule has 2 atom stereocenters. The van der Waals surface area contributed by atoms with Crippen LogP contribution in [-0.2, 0) is 14.3 Å². The highest BCUT2D eigenvalue weighted by Crippen LogP contribution is 2.24. The molecule has 0 spiro atoms. The van der Waals surface area contributed by atoms with Crippen LogP contribution in [0.5, 0.6) is 0 Å². The van der Waals surface area contributed by atoms with Crippen LogP contribution in [0.3, 0.4) is 0 Å². The summed E-state index contributed by atoms with van der Waals surface area (Å²) >= 11 is 5.89. The number of likely N-dealkylation sites (tertiary alicyclic amines) is 1. The predicted octanol–water partition coefficient (Wildman–Crippen LogP) is 2.43. The average Bonchev–Trinajstić information content (AvgIpc) is 3.02. The van der Waals surface area contributed by atoms with Crippen LogP contribution in [0, 0.1) is 5.92 Å². The number of rotatable bonds is 4. The standard InChI is InChI=1S/C19H24ClN3O4/c1-2-27-18(25)13-4-3-9-22(11-13)19(26)21-15-10-17(24)23(12-15)16-7-5-14(20)6-8-16/h5-8,13,15H,2-4,9-12H2,1H3,(H,21,26)/t13-,15-/m0/s1. The summed E-state index contributed by atoms with van der Waals surface area (Å²) in [5, 5.41) is 3.54. The van der Waals surface area contributed by atoms with E-state index in [2.05, 4.69) is 5.32 Å². The van der Waals surface area contributed by atoms with Crippen molar-refractivity contribution in [3.63, 3.8) is 0 Å². The monoisotopic (exact) mass is 393 g/mol. The lowest BCUT2D eigenvalue weighted by Crippen LogP contribution is -2.50. The van der Waals surface area contributed by atoms with Crippen molar-refractivity contribution in [3.05, 3.63) is 29.3 Å². The number of hydrogen-bond acceptors (Lipinski definition) is 4. The van der Waals surface area contributed by atoms with E-state index in [0.717, 1.165) is 18.5 Å². The molecule has 3 rings (SSSR count). The number of benzene rings is 1. The Labute approximate surface area is 163 Å². The topological polar surface area (TPSA) is 79.0 Å². The minimum atomic E-state index is -0.278. The Kier molecular flexibility index (Phi) is 6.21. The smallest absolute Gasteiger partial charge is 0.317 e. The summed E-state index contributed by atoms with van der Waals surface area (Å²) in [6, 6.07) is 6.56. The Hall–Kier alpha value is -2.28. The van der Waals surface area contributed by atoms with E-state index in [1.54, 1.807) is 41.0 Å². The van der Waals surface area contributed by atoms with Crippen LogP contribution in [0.1, 0.15) is 26.2 Å². The molecule has 0 aliphatic carbocycles. The highest BCUT2D eigenvalue weighted by molar-refractivity contribution is 6.30. The number of urea groups is 1. The average molecular weight is 394 g/mol. The lowest BCUT2D eigenvalue weighted by molar-refractivity contribution is -0.149. The summed E-state index contributed by atoms with van der Waals surface area (Å²) in [4.78, 5) is 40.1. The second kappa shape index (κ2) is 8.61. The number of halogens is 1. The number of piperidine rings is 1. The second-order valence-corrected chi connectivity index (χ2v) is 7.30. The van der Waals surface area contributed by atoms with Crippen LogP contribution >= 0.6 is 11.6 Å². The van der Waals surface area contributed by atoms with Gasteiger partial charge in [-0.05, 0) is 44.0 Å². The van der Waals surface area contributed by atoms with Gasteiger partial charge in [0.25, 0.3) is 0 Å². The van der Waals surface area contributed by atoms with E-state index in [0.29, 0.717) is 31.3 Å². The lowest BCUT2D eigenvalue weighted by Gasteiger charge is -2.32. The van der Waals surface area contributed by atoms with Gasteiger partial charge in [-0.2, -0.15) is 0 Å². The molecule has 1 aromatic rings. The quantitative estimate of drug-likeness (QED) is 0.797. The molecule has 3 amide bonds. The fraction of sp³-hybridized carbons (Fsp3) is 0.526. The van der Waals surface area contributed by atoms with E-state index in [4.69, 9.17) is 16.3 Å². The first kappa shape index (κ1) is 19.5. The number of hydrogen-bond donors (Lipinski definition) is 1. The maximum absolute atomic E-state index is 12.6. The molecule has 1 aromatic carbocycles. The first-order valence-corrected chi connectivity index (χ1v) is 9.63. The van der Waals surface area contributed by atoms with Gasteiger partial charge in [0.05, 0.1) is 18.6 Å². The van der Waals surface area contributed by atoms with Crippen LogP contribution in [0.15, 0.2) is 24.3 Å². The number of nitrogens with one attached hydrogen (secondary N) is 1. The van der Waals surface area contributed by atoms with Gasteiger partial charge >= 0.3 is 12.0 Å². The van der Waals surface area contributed by atoms with Crippen molar-refractivity contribution >= 4 is 35.2 Å². The lowest BCUT2D eigenvalue weighted by atomic mass is 9.98. The summed E-state index contributed by atoms with van der Waals surface area (Å²) in [5.41, 5.74) is 0.765. The molecule has 2 heterocycles. The van der Waals surface area contributed by atoms with Crippen LogP contribution in [0.25, 0.3) is 0 Å². The third kappa shape index (κ3) is 4.71. The molecule has 2 fully saturated rings. The molecule has 7 nitrogen and oxygen atoms in total. The Bertz CT molecular complexity index is 709. The van der Waals surface area contributed by atoms with E-state index >= 15 is 0 Å². The van der Waals surface area contributed by atoms with Gasteiger partial charge in [-0.15, -0.1) is 0 Å². The minimum absolute atomic E-state index is 0.0364. The summed E-state index contributed by atoms with van der Waals surface area (Å²) in [6.45, 7) is 3.48. The number of carbonyl (C=O) groups excluding carboxylic acids is 3. The Morgan fingerprint density at radius 1 is 1.26 bits per heavy atom. The van der Waals surface area contributed by atoms with Gasteiger partial charge in [-0.1, -0.05) is 11.6 Å². The third-order valence-electron chi connectivity index (χ3n) is 4.92. The minimum Gasteiger partial charge on any atom is -0.466 e. The second-order valence-electron chi connectivity index (χ2n) is 6.87. The van der Waals surface area contributed by atoms with Crippen molar-refractivity contribution in [1.29, 1.82) is 0 Å². The maximum Gasteiger partial charge on any atom is 0.317 e. The van der Waals surface area contributed by atoms with Crippen LogP contribution in [0.2, 0.25) is 5.02 Å². The van der Waals surface area contributed by atoms with Gasteiger partial charge in [-0.25, -0.2) is 4.79 Å². The molecule has 0 bridgehead atoms. The number of amides is 3. The van der Waals surface area contributed by atoms with Gasteiger partial charge in [-0.3, -0.25) is 9.59 Å². The molecule has 0 aromatic heterocycles. The zero-order chi connectivity index (χ0) is 19.4. The van der Waals surface area contributed by atoms with E-state index in [1.807, 2.05) is 0 Å². The molecule has 1 N–H and O–H groups in total. The van der Waals surface area contributed by atoms with Gasteiger partial charge in [0.1, 0.15) is 0 Å². The summed E-state index contributed by atoms with van der Waals surface area (Å²) in [6.07, 6.45) is 1.75. The summed E-state index contributed by atoms with van der Waals surface area (Å²) < 4.78 is 5.07. The van der Waals surface area contributed by atoms with E-state index in [9.17, 15) is 14.4 Å². The Morgan fingerprint density at radius 3 is 2.70 bits per heavy atom. The number of nitrogens with zero attached hydrogens (tertiary/aromatic N) is 2. The number of anilines is 1. The Balaban J connectivity index is 1.56. The van der Waals surface area contributed by atoms with E-state index in [-0.39, 0.29) is 36.3 Å². The molecule has 8 heteroatoms. The normalized spacial score (nSPS) is 22.7. The van der Waals surface area contributed by atoms with Gasteiger partial charge in [0, 0.05) is 36.8 Å². The molecule has 0 radical (unpaired) electrons. The third-order valence-corrected chi connectivity index (χ3v) is 5.17. The van der Waals surface area contributed by atoms with Crippen molar-refractivity contribution in [2.24, 2.45) is 5.92 Å². The van der Waals surface area contributed by atoms with Crippen LogP contribution in [-0.4, -0.2) is 55.1 Å². The number of ether oxygens (including phenoxy) is 1. The van der Waals surface area contributed by atoms with Gasteiger partial charge in [0.2, 0.25) is 5.91 Å². The first-order valence-electron chi connectivity index (χ1n) is 9.26. The van der Waals surface area contributed by atoms with Crippen molar-refractivity contribution < 1.29 is 19.1 Å². The molecule has 0 saturated carbocycles. The molecule has 2 saturated heterocycles. The van der Waals surface area contributed by atoms with E-state index in [1.165, 1.54) is 0 Å². The summed E-state index contributed by atoms with van der Waals surface area (Å²) in [7, 11) is 0. The molecule has 0 unspecified atom stereocenters. The molecule has 27 heavy (non-hydrogen) atoms. The number of esters is 1. The van der Waals surface area contributed by atoms with Crippen molar-refractivity contribution in [2.45, 2.75) is 32.2 Å². The molecule has 2 aliphatic rings. The van der Waals surface area contributed by atoms with Gasteiger partial charge < -0.3 is 19.9 Å². The maximum atomic E-state index is 12.6. The molecular weight excluding hydrogens is 370 g/mol. The van der Waals surface area contributed by atoms with Crippen LogP contribution in [0.4, 0.5) is 10.5 Å². The highest BCUT2D eigenvalue weighted by atomic mass is 35.5. The molecular formula is C19H24ClN3O4. The Morgan fingerprint density at radius 2 is 2.00 bits per heavy atom. The van der Waals surface area contributed by atoms with Gasteiger partial charge in [0.15, 0.2) is 0 Å². The first-order chi connectivity index (χ1) is 13.0. The van der Waals surface area contributed by atoms with Crippen molar-refractivity contribution in [1.82, 2.24) is 10.2 Å². The zero-order valence-electron chi connectivity index (χ0n) is 15.3. The predicted molar refractivity (Wildman–Crippen MR) is 102 cm³/mol. The van der Waals surface area contributed by atoms with Crippen LogP contribution < -0.4 is 10.2 Å². The fourth-order valence-corrected chi connectivity index (χ4v) is 3.68. The SMILES string of the molecule is CCOC(=O)[C@H]1CCCN(C(=O)N[C@H]2CC(=O)N(c3ccc(Cl)cc3)C2)C1. The summed E-state index contributed by atoms with van der Waals surface area (Å²) in [5.74, 6) is -0.564. The van der Waals surface area contributed by atoms with Crippen molar-refractivity contribution in [2.75, 3.05) is 31.1 Å². The molecule has 2 aliphatic heterocycles. The zero-order valence-corrected chi connectivity index (χ0v) is 16.1. The molecule has 146 valence electrons. The van der Waals surface area contributed by atoms with E-state index < -0.39 is 0 Å². The van der Waals surface area contributed by atoms with Crippen molar-refractivity contribution in [3.8, 4) is 0 Å². The number of carbonyl (C=O) groups is 3. The largest absolute Gasteiger partial charge is 0.466 e. The fourth-order valence-electron chi connectivity index (χ4n) is 3.55.